The Morgan fingerprint density at radius 3 is 2.88 bits per heavy atom. The number of carbonyl (C=O) groups is 2. The van der Waals surface area contributed by atoms with Crippen molar-refractivity contribution in [2.24, 2.45) is 0 Å². The molecule has 0 bridgehead atoms. The molecular formula is C10H18N2O4S. The van der Waals surface area contributed by atoms with Crippen molar-refractivity contribution < 1.29 is 19.4 Å². The fourth-order valence-electron chi connectivity index (χ4n) is 1.58. The number of carboxylic acid groups (broad SMARTS) is 1. The molecule has 1 amide bonds. The lowest BCUT2D eigenvalue weighted by atomic mass is 10.2. The molecule has 0 aromatic carbocycles. The first-order chi connectivity index (χ1) is 8.15. The second-order valence-electron chi connectivity index (χ2n) is 3.73. The summed E-state index contributed by atoms with van der Waals surface area (Å²) < 4.78 is 4.88. The summed E-state index contributed by atoms with van der Waals surface area (Å²) in [5.41, 5.74) is 0. The van der Waals surface area contributed by atoms with E-state index in [9.17, 15) is 9.59 Å². The number of hydrogen-bond donors (Lipinski definition) is 2. The normalized spacial score (nSPS) is 19.9. The number of nitrogens with zero attached hydrogens (tertiary/aromatic N) is 1. The van der Waals surface area contributed by atoms with Gasteiger partial charge in [-0.25, -0.2) is 0 Å². The molecular weight excluding hydrogens is 244 g/mol. The van der Waals surface area contributed by atoms with Crippen LogP contribution in [0.15, 0.2) is 0 Å². The molecule has 1 rings (SSSR count). The summed E-state index contributed by atoms with van der Waals surface area (Å²) in [5.74, 6) is 0.525. The van der Waals surface area contributed by atoms with E-state index in [1.54, 1.807) is 11.8 Å². The summed E-state index contributed by atoms with van der Waals surface area (Å²) in [4.78, 5) is 24.1. The van der Waals surface area contributed by atoms with Crippen LogP contribution in [0.2, 0.25) is 0 Å². The van der Waals surface area contributed by atoms with Crippen LogP contribution in [-0.2, 0) is 14.3 Å². The van der Waals surface area contributed by atoms with Gasteiger partial charge in [-0.15, -0.1) is 0 Å². The minimum absolute atomic E-state index is 0.156. The van der Waals surface area contributed by atoms with Gasteiger partial charge >= 0.3 is 5.97 Å². The SMILES string of the molecule is COCCN(CC(=O)O)C(=O)C1CSCCN1. The van der Waals surface area contributed by atoms with Crippen molar-refractivity contribution in [3.05, 3.63) is 0 Å². The molecule has 17 heavy (non-hydrogen) atoms. The number of carboxylic acids is 1. The van der Waals surface area contributed by atoms with Gasteiger partial charge in [-0.2, -0.15) is 11.8 Å². The van der Waals surface area contributed by atoms with Gasteiger partial charge in [-0.3, -0.25) is 9.59 Å². The van der Waals surface area contributed by atoms with E-state index < -0.39 is 5.97 Å². The van der Waals surface area contributed by atoms with Crippen molar-refractivity contribution in [1.82, 2.24) is 10.2 Å². The molecule has 1 aliphatic rings. The van der Waals surface area contributed by atoms with Crippen LogP contribution in [0.25, 0.3) is 0 Å². The first-order valence-electron chi connectivity index (χ1n) is 5.45. The van der Waals surface area contributed by atoms with Crippen LogP contribution >= 0.6 is 11.8 Å². The summed E-state index contributed by atoms with van der Waals surface area (Å²) in [7, 11) is 1.53. The molecule has 1 heterocycles. The minimum atomic E-state index is -1.00. The minimum Gasteiger partial charge on any atom is -0.480 e. The van der Waals surface area contributed by atoms with Gasteiger partial charge in [0.15, 0.2) is 0 Å². The number of ether oxygens (including phenoxy) is 1. The van der Waals surface area contributed by atoms with Gasteiger partial charge in [0.1, 0.15) is 6.54 Å². The number of aliphatic carboxylic acids is 1. The smallest absolute Gasteiger partial charge is 0.323 e. The maximum absolute atomic E-state index is 12.1. The number of rotatable bonds is 6. The molecule has 1 unspecified atom stereocenters. The van der Waals surface area contributed by atoms with Crippen LogP contribution in [0, 0.1) is 0 Å². The van der Waals surface area contributed by atoms with Crippen molar-refractivity contribution in [2.75, 3.05) is 44.9 Å². The highest BCUT2D eigenvalue weighted by Gasteiger charge is 2.26. The van der Waals surface area contributed by atoms with Crippen molar-refractivity contribution in [2.45, 2.75) is 6.04 Å². The van der Waals surface area contributed by atoms with Crippen molar-refractivity contribution >= 4 is 23.6 Å². The molecule has 7 heteroatoms. The largest absolute Gasteiger partial charge is 0.480 e. The Bertz CT molecular complexity index is 269. The Balaban J connectivity index is 2.53. The predicted molar refractivity (Wildman–Crippen MR) is 65.2 cm³/mol. The molecule has 0 aromatic rings. The third kappa shape index (κ3) is 4.93. The third-order valence-electron chi connectivity index (χ3n) is 2.42. The standard InChI is InChI=1S/C10H18N2O4S/c1-16-4-3-12(6-9(13)14)10(15)8-7-17-5-2-11-8/h8,11H,2-7H2,1H3,(H,13,14). The molecule has 0 aromatic heterocycles. The van der Waals surface area contributed by atoms with Crippen LogP contribution in [0.4, 0.5) is 0 Å². The lowest BCUT2D eigenvalue weighted by Crippen LogP contribution is -2.52. The van der Waals surface area contributed by atoms with Gasteiger partial charge in [0.2, 0.25) is 5.91 Å². The zero-order valence-electron chi connectivity index (χ0n) is 9.85. The number of methoxy groups -OCH3 is 1. The first kappa shape index (κ1) is 14.3. The van der Waals surface area contributed by atoms with Crippen molar-refractivity contribution in [1.29, 1.82) is 0 Å². The molecule has 2 N–H and O–H groups in total. The van der Waals surface area contributed by atoms with E-state index in [0.717, 1.165) is 12.3 Å². The average Bonchev–Trinajstić information content (AvgIpc) is 2.34. The number of nitrogens with one attached hydrogen (secondary N) is 1. The van der Waals surface area contributed by atoms with E-state index in [1.165, 1.54) is 12.0 Å². The molecule has 0 saturated carbocycles. The molecule has 1 aliphatic heterocycles. The molecule has 6 nitrogen and oxygen atoms in total. The molecule has 0 radical (unpaired) electrons. The molecule has 0 spiro atoms. The van der Waals surface area contributed by atoms with Crippen molar-refractivity contribution in [3.63, 3.8) is 0 Å². The molecule has 0 aliphatic carbocycles. The zero-order chi connectivity index (χ0) is 12.7. The van der Waals surface area contributed by atoms with E-state index in [2.05, 4.69) is 5.32 Å². The summed E-state index contributed by atoms with van der Waals surface area (Å²) in [6.07, 6.45) is 0. The van der Waals surface area contributed by atoms with Crippen LogP contribution in [-0.4, -0.2) is 72.8 Å². The van der Waals surface area contributed by atoms with Crippen LogP contribution in [0.5, 0.6) is 0 Å². The predicted octanol–water partition coefficient (Wildman–Crippen LogP) is -0.749. The second kappa shape index (κ2) is 7.52. The second-order valence-corrected chi connectivity index (χ2v) is 4.88. The first-order valence-corrected chi connectivity index (χ1v) is 6.61. The van der Waals surface area contributed by atoms with Crippen molar-refractivity contribution in [3.8, 4) is 0 Å². The Kier molecular flexibility index (Phi) is 6.31. The molecule has 1 fully saturated rings. The quantitative estimate of drug-likeness (QED) is 0.656. The topological polar surface area (TPSA) is 78.9 Å². The maximum Gasteiger partial charge on any atom is 0.323 e. The van der Waals surface area contributed by atoms with Gasteiger partial charge in [0, 0.05) is 31.7 Å². The lowest BCUT2D eigenvalue weighted by Gasteiger charge is -2.28. The summed E-state index contributed by atoms with van der Waals surface area (Å²) in [6.45, 7) is 1.17. The Morgan fingerprint density at radius 2 is 2.35 bits per heavy atom. The maximum atomic E-state index is 12.1. The Labute approximate surface area is 105 Å². The highest BCUT2D eigenvalue weighted by atomic mass is 32.2. The monoisotopic (exact) mass is 262 g/mol. The lowest BCUT2D eigenvalue weighted by molar-refractivity contribution is -0.145. The van der Waals surface area contributed by atoms with Crippen LogP contribution in [0.1, 0.15) is 0 Å². The van der Waals surface area contributed by atoms with Gasteiger partial charge in [-0.05, 0) is 0 Å². The highest BCUT2D eigenvalue weighted by molar-refractivity contribution is 7.99. The number of thioether (sulfide) groups is 1. The molecule has 98 valence electrons. The summed E-state index contributed by atoms with van der Waals surface area (Å²) >= 11 is 1.70. The van der Waals surface area contributed by atoms with Gasteiger partial charge in [0.05, 0.1) is 12.6 Å². The van der Waals surface area contributed by atoms with E-state index in [0.29, 0.717) is 18.9 Å². The van der Waals surface area contributed by atoms with Crippen LogP contribution in [0.3, 0.4) is 0 Å². The van der Waals surface area contributed by atoms with E-state index in [-0.39, 0.29) is 18.5 Å². The fraction of sp³-hybridized carbons (Fsp3) is 0.800. The average molecular weight is 262 g/mol. The molecule has 1 saturated heterocycles. The van der Waals surface area contributed by atoms with E-state index >= 15 is 0 Å². The Hall–Kier alpha value is -0.790. The van der Waals surface area contributed by atoms with E-state index in [4.69, 9.17) is 9.84 Å². The fourth-order valence-corrected chi connectivity index (χ4v) is 2.50. The molecule has 1 atom stereocenters. The van der Waals surface area contributed by atoms with Gasteiger partial charge < -0.3 is 20.1 Å². The Morgan fingerprint density at radius 1 is 1.59 bits per heavy atom. The summed E-state index contributed by atoms with van der Waals surface area (Å²) in [5, 5.41) is 11.9. The third-order valence-corrected chi connectivity index (χ3v) is 3.48. The summed E-state index contributed by atoms with van der Waals surface area (Å²) in [6, 6.07) is -0.273. The number of amides is 1. The zero-order valence-corrected chi connectivity index (χ0v) is 10.7. The highest BCUT2D eigenvalue weighted by Crippen LogP contribution is 2.10. The van der Waals surface area contributed by atoms with Gasteiger partial charge in [0.25, 0.3) is 0 Å². The number of carbonyl (C=O) groups excluding carboxylic acids is 1. The van der Waals surface area contributed by atoms with Gasteiger partial charge in [-0.1, -0.05) is 0 Å². The van der Waals surface area contributed by atoms with E-state index in [1.807, 2.05) is 0 Å². The van der Waals surface area contributed by atoms with Crippen LogP contribution < -0.4 is 5.32 Å². The number of hydrogen-bond acceptors (Lipinski definition) is 5.